The quantitative estimate of drug-likeness (QED) is 0.906. The number of nitrogens with zero attached hydrogens (tertiary/aromatic N) is 3. The summed E-state index contributed by atoms with van der Waals surface area (Å²) in [4.78, 5) is 11.0. The summed E-state index contributed by atoms with van der Waals surface area (Å²) >= 11 is 0. The minimum Gasteiger partial charge on any atom is -0.341 e. The predicted molar refractivity (Wildman–Crippen MR) is 77.3 cm³/mol. The van der Waals surface area contributed by atoms with E-state index in [0.717, 1.165) is 25.1 Å². The van der Waals surface area contributed by atoms with Crippen LogP contribution in [0.2, 0.25) is 0 Å². The van der Waals surface area contributed by atoms with Crippen LogP contribution < -0.4 is 10.2 Å². The van der Waals surface area contributed by atoms with E-state index < -0.39 is 0 Å². The fourth-order valence-corrected chi connectivity index (χ4v) is 3.30. The molecule has 1 aromatic rings. The number of aromatic nitrogens is 2. The third kappa shape index (κ3) is 3.44. The van der Waals surface area contributed by atoms with Crippen molar-refractivity contribution in [1.29, 1.82) is 0 Å². The molecule has 19 heavy (non-hydrogen) atoms. The van der Waals surface area contributed by atoms with Crippen molar-refractivity contribution in [1.82, 2.24) is 15.3 Å². The van der Waals surface area contributed by atoms with Crippen molar-refractivity contribution in [2.45, 2.75) is 57.0 Å². The predicted octanol–water partition coefficient (Wildman–Crippen LogP) is 2.37. The Labute approximate surface area is 115 Å². The summed E-state index contributed by atoms with van der Waals surface area (Å²) < 4.78 is 0. The van der Waals surface area contributed by atoms with Gasteiger partial charge < -0.3 is 10.2 Å². The number of nitrogens with one attached hydrogen (secondary N) is 1. The molecule has 0 unspecified atom stereocenters. The van der Waals surface area contributed by atoms with E-state index in [2.05, 4.69) is 20.2 Å². The van der Waals surface area contributed by atoms with Crippen molar-refractivity contribution < 1.29 is 0 Å². The summed E-state index contributed by atoms with van der Waals surface area (Å²) in [5.41, 5.74) is 0. The van der Waals surface area contributed by atoms with Crippen molar-refractivity contribution in [2.75, 3.05) is 18.0 Å². The summed E-state index contributed by atoms with van der Waals surface area (Å²) in [6.45, 7) is 2.16. The van der Waals surface area contributed by atoms with Crippen LogP contribution in [-0.4, -0.2) is 35.1 Å². The molecular weight excluding hydrogens is 236 g/mol. The SMILES string of the molecule is c1cnc(N2CCC(NC3CCCCC3)CC2)nc1. The van der Waals surface area contributed by atoms with Gasteiger partial charge in [0.05, 0.1) is 0 Å². The maximum atomic E-state index is 4.34. The van der Waals surface area contributed by atoms with Gasteiger partial charge in [-0.3, -0.25) is 0 Å². The van der Waals surface area contributed by atoms with Gasteiger partial charge in [-0.15, -0.1) is 0 Å². The fourth-order valence-electron chi connectivity index (χ4n) is 3.30. The highest BCUT2D eigenvalue weighted by Crippen LogP contribution is 2.21. The molecule has 2 fully saturated rings. The molecule has 0 amide bonds. The van der Waals surface area contributed by atoms with Gasteiger partial charge in [0, 0.05) is 37.6 Å². The van der Waals surface area contributed by atoms with Crippen molar-refractivity contribution in [3.63, 3.8) is 0 Å². The van der Waals surface area contributed by atoms with E-state index >= 15 is 0 Å². The first-order valence-corrected chi connectivity index (χ1v) is 7.70. The topological polar surface area (TPSA) is 41.1 Å². The van der Waals surface area contributed by atoms with E-state index in [-0.39, 0.29) is 0 Å². The van der Waals surface area contributed by atoms with Crippen LogP contribution in [0.5, 0.6) is 0 Å². The molecule has 0 radical (unpaired) electrons. The normalized spacial score (nSPS) is 22.6. The van der Waals surface area contributed by atoms with E-state index in [1.807, 2.05) is 18.5 Å². The lowest BCUT2D eigenvalue weighted by Gasteiger charge is -2.35. The lowest BCUT2D eigenvalue weighted by atomic mass is 9.93. The Morgan fingerprint density at radius 3 is 2.21 bits per heavy atom. The van der Waals surface area contributed by atoms with Gasteiger partial charge in [0.15, 0.2) is 0 Å². The van der Waals surface area contributed by atoms with E-state index in [1.54, 1.807) is 0 Å². The molecule has 2 heterocycles. The first-order chi connectivity index (χ1) is 9.42. The molecule has 1 saturated carbocycles. The zero-order valence-corrected chi connectivity index (χ0v) is 11.6. The molecule has 104 valence electrons. The molecule has 1 saturated heterocycles. The Balaban J connectivity index is 1.46. The Bertz CT molecular complexity index is 367. The summed E-state index contributed by atoms with van der Waals surface area (Å²) in [6.07, 6.45) is 13.1. The van der Waals surface area contributed by atoms with E-state index in [0.29, 0.717) is 6.04 Å². The lowest BCUT2D eigenvalue weighted by molar-refractivity contribution is 0.307. The monoisotopic (exact) mass is 260 g/mol. The van der Waals surface area contributed by atoms with Crippen molar-refractivity contribution in [2.24, 2.45) is 0 Å². The molecular formula is C15H24N4. The van der Waals surface area contributed by atoms with Crippen LogP contribution in [0.3, 0.4) is 0 Å². The largest absolute Gasteiger partial charge is 0.341 e. The second-order valence-electron chi connectivity index (χ2n) is 5.81. The van der Waals surface area contributed by atoms with Crippen LogP contribution in [0.4, 0.5) is 5.95 Å². The molecule has 2 aliphatic rings. The van der Waals surface area contributed by atoms with Crippen LogP contribution in [0, 0.1) is 0 Å². The smallest absolute Gasteiger partial charge is 0.225 e. The van der Waals surface area contributed by atoms with E-state index in [1.165, 1.54) is 44.9 Å². The van der Waals surface area contributed by atoms with Crippen molar-refractivity contribution in [3.05, 3.63) is 18.5 Å². The highest BCUT2D eigenvalue weighted by Gasteiger charge is 2.23. The molecule has 0 atom stereocenters. The van der Waals surface area contributed by atoms with E-state index in [9.17, 15) is 0 Å². The minimum absolute atomic E-state index is 0.697. The Hall–Kier alpha value is -1.16. The van der Waals surface area contributed by atoms with Crippen LogP contribution in [0.25, 0.3) is 0 Å². The van der Waals surface area contributed by atoms with Crippen LogP contribution in [-0.2, 0) is 0 Å². The van der Waals surface area contributed by atoms with Crippen molar-refractivity contribution in [3.8, 4) is 0 Å². The molecule has 0 spiro atoms. The van der Waals surface area contributed by atoms with Crippen LogP contribution in [0.1, 0.15) is 44.9 Å². The number of piperidine rings is 1. The zero-order chi connectivity index (χ0) is 12.9. The fraction of sp³-hybridized carbons (Fsp3) is 0.733. The zero-order valence-electron chi connectivity index (χ0n) is 11.6. The number of hydrogen-bond acceptors (Lipinski definition) is 4. The first kappa shape index (κ1) is 12.9. The second-order valence-corrected chi connectivity index (χ2v) is 5.81. The maximum absolute atomic E-state index is 4.34. The Kier molecular flexibility index (Phi) is 4.28. The van der Waals surface area contributed by atoms with Gasteiger partial charge in [0.2, 0.25) is 5.95 Å². The summed E-state index contributed by atoms with van der Waals surface area (Å²) in [5.74, 6) is 0.888. The lowest BCUT2D eigenvalue weighted by Crippen LogP contribution is -2.47. The molecule has 1 aliphatic heterocycles. The first-order valence-electron chi connectivity index (χ1n) is 7.70. The Morgan fingerprint density at radius 1 is 0.895 bits per heavy atom. The van der Waals surface area contributed by atoms with E-state index in [4.69, 9.17) is 0 Å². The molecule has 1 aromatic heterocycles. The summed E-state index contributed by atoms with van der Waals surface area (Å²) in [5, 5.41) is 3.86. The third-order valence-corrected chi connectivity index (χ3v) is 4.41. The van der Waals surface area contributed by atoms with Gasteiger partial charge in [-0.05, 0) is 31.7 Å². The number of rotatable bonds is 3. The molecule has 4 nitrogen and oxygen atoms in total. The van der Waals surface area contributed by atoms with Gasteiger partial charge >= 0.3 is 0 Å². The third-order valence-electron chi connectivity index (χ3n) is 4.41. The van der Waals surface area contributed by atoms with Gasteiger partial charge in [0.25, 0.3) is 0 Å². The van der Waals surface area contributed by atoms with Crippen LogP contribution >= 0.6 is 0 Å². The van der Waals surface area contributed by atoms with Gasteiger partial charge in [0.1, 0.15) is 0 Å². The molecule has 1 N–H and O–H groups in total. The van der Waals surface area contributed by atoms with Gasteiger partial charge in [-0.1, -0.05) is 19.3 Å². The van der Waals surface area contributed by atoms with Gasteiger partial charge in [-0.2, -0.15) is 0 Å². The van der Waals surface area contributed by atoms with Crippen molar-refractivity contribution >= 4 is 5.95 Å². The second kappa shape index (κ2) is 6.33. The number of hydrogen-bond donors (Lipinski definition) is 1. The Morgan fingerprint density at radius 2 is 1.53 bits per heavy atom. The summed E-state index contributed by atoms with van der Waals surface area (Å²) in [6, 6.07) is 3.35. The van der Waals surface area contributed by atoms with Crippen LogP contribution in [0.15, 0.2) is 18.5 Å². The minimum atomic E-state index is 0.697. The molecule has 1 aliphatic carbocycles. The highest BCUT2D eigenvalue weighted by molar-refractivity contribution is 5.29. The molecule has 4 heteroatoms. The average Bonchev–Trinajstić information content (AvgIpc) is 2.50. The highest BCUT2D eigenvalue weighted by atomic mass is 15.3. The number of anilines is 1. The molecule has 0 bridgehead atoms. The maximum Gasteiger partial charge on any atom is 0.225 e. The molecule has 3 rings (SSSR count). The summed E-state index contributed by atoms with van der Waals surface area (Å²) in [7, 11) is 0. The van der Waals surface area contributed by atoms with Gasteiger partial charge in [-0.25, -0.2) is 9.97 Å². The average molecular weight is 260 g/mol. The standard InChI is InChI=1S/C15H24N4/c1-2-5-13(6-3-1)18-14-7-11-19(12-8-14)15-16-9-4-10-17-15/h4,9-10,13-14,18H,1-3,5-8,11-12H2. The molecule has 0 aromatic carbocycles.